The minimum atomic E-state index is -3.97. The van der Waals surface area contributed by atoms with Gasteiger partial charge in [-0.1, -0.05) is 30.7 Å². The molecular weight excluding hydrogens is 326 g/mol. The monoisotopic (exact) mass is 336 g/mol. The molecule has 2 rings (SSSR count). The Hall–Kier alpha value is -1.11. The Morgan fingerprint density at radius 1 is 1.40 bits per heavy atom. The summed E-state index contributed by atoms with van der Waals surface area (Å²) >= 11 is 6.03. The smallest absolute Gasteiger partial charge is 0.248 e. The Kier molecular flexibility index (Phi) is 4.36. The Morgan fingerprint density at radius 3 is 2.60 bits per heavy atom. The van der Waals surface area contributed by atoms with Gasteiger partial charge < -0.3 is 0 Å². The zero-order valence-electron chi connectivity index (χ0n) is 10.5. The minimum Gasteiger partial charge on any atom is -0.248 e. The second-order valence-electron chi connectivity index (χ2n) is 4.15. The Morgan fingerprint density at radius 2 is 2.10 bits per heavy atom. The van der Waals surface area contributed by atoms with Crippen LogP contribution in [0.1, 0.15) is 18.2 Å². The molecule has 0 aliphatic rings. The van der Waals surface area contributed by atoms with Crippen molar-refractivity contribution < 1.29 is 12.8 Å². The highest BCUT2D eigenvalue weighted by molar-refractivity contribution is 8.13. The fourth-order valence-corrected chi connectivity index (χ4v) is 3.75. The van der Waals surface area contributed by atoms with Crippen LogP contribution in [0.15, 0.2) is 29.2 Å². The summed E-state index contributed by atoms with van der Waals surface area (Å²) in [5.74, 6) is -0.383. The summed E-state index contributed by atoms with van der Waals surface area (Å²) in [6.45, 7) is 1.91. The molecule has 0 aliphatic carbocycles. The molecule has 0 spiro atoms. The summed E-state index contributed by atoms with van der Waals surface area (Å²) in [5, 5.41) is 4.05. The summed E-state index contributed by atoms with van der Waals surface area (Å²) in [6, 6.07) is 5.91. The first kappa shape index (κ1) is 15.3. The second kappa shape index (κ2) is 5.71. The standard InChI is InChI=1S/C12H11Cl2FN2O2S/c1-2-10-11(20(14,18)19)12(13)17(16-10)7-8-4-3-5-9(15)6-8/h3-6H,2,7H2,1H3. The van der Waals surface area contributed by atoms with Crippen LogP contribution in [0.5, 0.6) is 0 Å². The molecule has 0 N–H and O–H groups in total. The molecule has 0 bridgehead atoms. The molecule has 0 saturated heterocycles. The van der Waals surface area contributed by atoms with E-state index in [9.17, 15) is 12.8 Å². The molecule has 0 unspecified atom stereocenters. The molecule has 20 heavy (non-hydrogen) atoms. The molecule has 1 heterocycles. The van der Waals surface area contributed by atoms with Gasteiger partial charge in [-0.2, -0.15) is 5.10 Å². The Bertz CT molecular complexity index is 744. The van der Waals surface area contributed by atoms with E-state index in [1.54, 1.807) is 19.1 Å². The highest BCUT2D eigenvalue weighted by Gasteiger charge is 2.25. The van der Waals surface area contributed by atoms with Crippen LogP contribution in [0, 0.1) is 5.82 Å². The normalized spacial score (nSPS) is 11.8. The van der Waals surface area contributed by atoms with Crippen molar-refractivity contribution in [3.05, 3.63) is 46.5 Å². The lowest BCUT2D eigenvalue weighted by molar-refractivity contribution is 0.608. The number of hydrogen-bond donors (Lipinski definition) is 0. The first-order chi connectivity index (χ1) is 9.32. The number of aromatic nitrogens is 2. The van der Waals surface area contributed by atoms with Gasteiger partial charge in [0.05, 0.1) is 12.2 Å². The first-order valence-electron chi connectivity index (χ1n) is 5.77. The van der Waals surface area contributed by atoms with Gasteiger partial charge in [0.2, 0.25) is 0 Å². The summed E-state index contributed by atoms with van der Waals surface area (Å²) in [7, 11) is 1.39. The molecule has 1 aromatic carbocycles. The van der Waals surface area contributed by atoms with E-state index in [2.05, 4.69) is 5.10 Å². The van der Waals surface area contributed by atoms with Gasteiger partial charge in [-0.25, -0.2) is 17.5 Å². The third kappa shape index (κ3) is 3.13. The van der Waals surface area contributed by atoms with E-state index in [1.165, 1.54) is 16.8 Å². The van der Waals surface area contributed by atoms with Gasteiger partial charge in [0.15, 0.2) is 0 Å². The number of benzene rings is 1. The average Bonchev–Trinajstić information content (AvgIpc) is 2.66. The van der Waals surface area contributed by atoms with Gasteiger partial charge in [0.25, 0.3) is 9.05 Å². The van der Waals surface area contributed by atoms with Crippen LogP contribution in [0.25, 0.3) is 0 Å². The van der Waals surface area contributed by atoms with Crippen molar-refractivity contribution in [2.24, 2.45) is 0 Å². The van der Waals surface area contributed by atoms with Crippen molar-refractivity contribution in [3.63, 3.8) is 0 Å². The third-order valence-electron chi connectivity index (χ3n) is 2.72. The van der Waals surface area contributed by atoms with Gasteiger partial charge in [-0.05, 0) is 24.1 Å². The lowest BCUT2D eigenvalue weighted by Crippen LogP contribution is -2.02. The molecule has 108 valence electrons. The third-order valence-corrected chi connectivity index (χ3v) is 4.59. The molecule has 0 aliphatic heterocycles. The van der Waals surface area contributed by atoms with E-state index in [1.807, 2.05) is 0 Å². The highest BCUT2D eigenvalue weighted by Crippen LogP contribution is 2.29. The SMILES string of the molecule is CCc1nn(Cc2cccc(F)c2)c(Cl)c1S(=O)(=O)Cl. The summed E-state index contributed by atoms with van der Waals surface area (Å²) in [6.07, 6.45) is 0.372. The predicted octanol–water partition coefficient (Wildman–Crippen LogP) is 3.21. The molecule has 2 aromatic rings. The number of hydrogen-bond acceptors (Lipinski definition) is 3. The van der Waals surface area contributed by atoms with Crippen LogP contribution >= 0.6 is 22.3 Å². The van der Waals surface area contributed by atoms with Gasteiger partial charge in [-0.3, -0.25) is 0 Å². The van der Waals surface area contributed by atoms with Crippen LogP contribution in [0.3, 0.4) is 0 Å². The second-order valence-corrected chi connectivity index (χ2v) is 7.01. The fourth-order valence-electron chi connectivity index (χ4n) is 1.86. The topological polar surface area (TPSA) is 52.0 Å². The zero-order valence-corrected chi connectivity index (χ0v) is 12.8. The number of rotatable bonds is 4. The number of nitrogens with zero attached hydrogens (tertiary/aromatic N) is 2. The van der Waals surface area contributed by atoms with Crippen LogP contribution in [0.2, 0.25) is 5.15 Å². The van der Waals surface area contributed by atoms with E-state index in [4.69, 9.17) is 22.3 Å². The van der Waals surface area contributed by atoms with Crippen LogP contribution < -0.4 is 0 Å². The molecular formula is C12H11Cl2FN2O2S. The summed E-state index contributed by atoms with van der Waals surface area (Å²) in [5.41, 5.74) is 0.914. The maximum Gasteiger partial charge on any atom is 0.266 e. The van der Waals surface area contributed by atoms with Gasteiger partial charge in [0.1, 0.15) is 15.9 Å². The van der Waals surface area contributed by atoms with Gasteiger partial charge >= 0.3 is 0 Å². The van der Waals surface area contributed by atoms with Crippen molar-refractivity contribution in [1.29, 1.82) is 0 Å². The molecule has 8 heteroatoms. The molecule has 4 nitrogen and oxygen atoms in total. The van der Waals surface area contributed by atoms with Gasteiger partial charge in [-0.15, -0.1) is 0 Å². The van der Waals surface area contributed by atoms with Crippen molar-refractivity contribution in [3.8, 4) is 0 Å². The van der Waals surface area contributed by atoms with Crippen molar-refractivity contribution >= 4 is 31.3 Å². The van der Waals surface area contributed by atoms with E-state index in [0.717, 1.165) is 0 Å². The Labute approximate surface area is 125 Å². The lowest BCUT2D eigenvalue weighted by Gasteiger charge is -2.03. The van der Waals surface area contributed by atoms with Crippen molar-refractivity contribution in [2.45, 2.75) is 24.8 Å². The molecule has 0 saturated carbocycles. The largest absolute Gasteiger partial charge is 0.266 e. The predicted molar refractivity (Wildman–Crippen MR) is 75.2 cm³/mol. The lowest BCUT2D eigenvalue weighted by atomic mass is 10.2. The van der Waals surface area contributed by atoms with Crippen LogP contribution in [0.4, 0.5) is 4.39 Å². The maximum atomic E-state index is 13.1. The van der Waals surface area contributed by atoms with Crippen LogP contribution in [-0.2, 0) is 22.0 Å². The van der Waals surface area contributed by atoms with E-state index < -0.39 is 9.05 Å². The summed E-state index contributed by atoms with van der Waals surface area (Å²) in [4.78, 5) is -0.181. The molecule has 0 amide bonds. The quantitative estimate of drug-likeness (QED) is 0.805. The van der Waals surface area contributed by atoms with Crippen LogP contribution in [-0.4, -0.2) is 18.2 Å². The number of aryl methyl sites for hydroxylation is 1. The maximum absolute atomic E-state index is 13.1. The number of halogens is 3. The zero-order chi connectivity index (χ0) is 14.9. The molecule has 0 radical (unpaired) electrons. The van der Waals surface area contributed by atoms with Gasteiger partial charge in [0, 0.05) is 10.7 Å². The first-order valence-corrected chi connectivity index (χ1v) is 8.46. The Balaban J connectivity index is 2.46. The average molecular weight is 337 g/mol. The molecule has 1 aromatic heterocycles. The van der Waals surface area contributed by atoms with E-state index >= 15 is 0 Å². The van der Waals surface area contributed by atoms with Crippen molar-refractivity contribution in [1.82, 2.24) is 9.78 Å². The summed E-state index contributed by atoms with van der Waals surface area (Å²) < 4.78 is 37.5. The minimum absolute atomic E-state index is 0.0684. The highest BCUT2D eigenvalue weighted by atomic mass is 35.7. The fraction of sp³-hybridized carbons (Fsp3) is 0.250. The van der Waals surface area contributed by atoms with E-state index in [-0.39, 0.29) is 22.4 Å². The van der Waals surface area contributed by atoms with E-state index in [0.29, 0.717) is 17.7 Å². The van der Waals surface area contributed by atoms with Crippen molar-refractivity contribution in [2.75, 3.05) is 0 Å². The molecule has 0 atom stereocenters. The molecule has 0 fully saturated rings.